The Morgan fingerprint density at radius 3 is 2.59 bits per heavy atom. The maximum atomic E-state index is 12.2. The summed E-state index contributed by atoms with van der Waals surface area (Å²) in [6.07, 6.45) is -1.06. The number of amides is 1. The van der Waals surface area contributed by atoms with Gasteiger partial charge in [0, 0.05) is 22.2 Å². The van der Waals surface area contributed by atoms with E-state index in [0.29, 0.717) is 27.1 Å². The molecule has 2 aromatic rings. The van der Waals surface area contributed by atoms with Gasteiger partial charge in [-0.3, -0.25) is 9.59 Å². The number of fused-ring (bicyclic) bond motifs is 1. The zero-order valence-electron chi connectivity index (χ0n) is 14.5. The Hall–Kier alpha value is -2.44. The van der Waals surface area contributed by atoms with Crippen LogP contribution in [-0.4, -0.2) is 24.8 Å². The molecular weight excluding hydrogens is 393 g/mol. The molecule has 1 heterocycles. The van der Waals surface area contributed by atoms with E-state index in [1.54, 1.807) is 30.3 Å². The molecule has 0 aromatic heterocycles. The molecule has 0 spiro atoms. The monoisotopic (exact) mass is 409 g/mol. The molecule has 1 atom stereocenters. The summed E-state index contributed by atoms with van der Waals surface area (Å²) in [5.41, 5.74) is 1.31. The van der Waals surface area contributed by atoms with Crippen LogP contribution in [0.1, 0.15) is 18.1 Å². The van der Waals surface area contributed by atoms with E-state index >= 15 is 0 Å². The van der Waals surface area contributed by atoms with Gasteiger partial charge in [-0.25, -0.2) is 0 Å². The van der Waals surface area contributed by atoms with Crippen LogP contribution < -0.4 is 14.8 Å². The van der Waals surface area contributed by atoms with Crippen molar-refractivity contribution in [3.8, 4) is 11.5 Å². The maximum Gasteiger partial charge on any atom is 0.311 e. The van der Waals surface area contributed by atoms with Gasteiger partial charge in [-0.05, 0) is 36.8 Å². The van der Waals surface area contributed by atoms with Gasteiger partial charge in [-0.1, -0.05) is 35.3 Å². The van der Waals surface area contributed by atoms with Crippen molar-refractivity contribution in [2.75, 3.05) is 6.79 Å². The van der Waals surface area contributed by atoms with Gasteiger partial charge in [0.25, 0.3) is 5.91 Å². The lowest BCUT2D eigenvalue weighted by Crippen LogP contribution is -2.35. The minimum atomic E-state index is -0.951. The average molecular weight is 410 g/mol. The maximum absolute atomic E-state index is 12.2. The number of ether oxygens (including phenoxy) is 3. The molecule has 0 aliphatic carbocycles. The van der Waals surface area contributed by atoms with E-state index in [4.69, 9.17) is 37.4 Å². The third kappa shape index (κ3) is 4.84. The molecule has 142 valence electrons. The van der Waals surface area contributed by atoms with Gasteiger partial charge in [-0.15, -0.1) is 0 Å². The Bertz CT molecular complexity index is 851. The van der Waals surface area contributed by atoms with E-state index in [0.717, 1.165) is 5.56 Å². The van der Waals surface area contributed by atoms with E-state index in [2.05, 4.69) is 5.32 Å². The summed E-state index contributed by atoms with van der Waals surface area (Å²) in [6, 6.07) is 10.4. The molecule has 0 saturated heterocycles. The van der Waals surface area contributed by atoms with Crippen LogP contribution in [0.25, 0.3) is 0 Å². The molecule has 0 bridgehead atoms. The van der Waals surface area contributed by atoms with Gasteiger partial charge in [0.05, 0.1) is 6.42 Å². The van der Waals surface area contributed by atoms with Gasteiger partial charge in [-0.2, -0.15) is 0 Å². The molecule has 0 saturated carbocycles. The fourth-order valence-electron chi connectivity index (χ4n) is 2.52. The van der Waals surface area contributed by atoms with Crippen molar-refractivity contribution < 1.29 is 23.8 Å². The summed E-state index contributed by atoms with van der Waals surface area (Å²) in [4.78, 5) is 24.3. The van der Waals surface area contributed by atoms with E-state index in [1.165, 1.54) is 6.92 Å². The topological polar surface area (TPSA) is 73.9 Å². The Balaban J connectivity index is 1.50. The molecule has 8 heteroatoms. The zero-order chi connectivity index (χ0) is 19.4. The number of halogens is 2. The normalized spacial score (nSPS) is 13.1. The summed E-state index contributed by atoms with van der Waals surface area (Å²) in [5, 5.41) is 3.47. The fraction of sp³-hybridized carbons (Fsp3) is 0.263. The van der Waals surface area contributed by atoms with E-state index < -0.39 is 18.0 Å². The quantitative estimate of drug-likeness (QED) is 0.738. The Kier molecular flexibility index (Phi) is 6.08. The van der Waals surface area contributed by atoms with Crippen molar-refractivity contribution in [3.05, 3.63) is 57.6 Å². The lowest BCUT2D eigenvalue weighted by molar-refractivity contribution is -0.154. The van der Waals surface area contributed by atoms with Crippen LogP contribution in [-0.2, 0) is 27.3 Å². The first kappa shape index (κ1) is 19.3. The summed E-state index contributed by atoms with van der Waals surface area (Å²) in [5.74, 6) is 0.311. The first-order chi connectivity index (χ1) is 12.9. The molecule has 1 N–H and O–H groups in total. The Morgan fingerprint density at radius 1 is 1.15 bits per heavy atom. The Morgan fingerprint density at radius 2 is 1.85 bits per heavy atom. The van der Waals surface area contributed by atoms with Gasteiger partial charge < -0.3 is 19.5 Å². The number of nitrogens with one attached hydrogen (secondary N) is 1. The number of benzene rings is 2. The lowest BCUT2D eigenvalue weighted by atomic mass is 10.1. The lowest BCUT2D eigenvalue weighted by Gasteiger charge is -2.14. The van der Waals surface area contributed by atoms with Crippen LogP contribution in [0.4, 0.5) is 0 Å². The number of rotatable bonds is 6. The van der Waals surface area contributed by atoms with E-state index in [1.807, 2.05) is 6.07 Å². The van der Waals surface area contributed by atoms with Crippen LogP contribution in [0.2, 0.25) is 10.0 Å². The number of carbonyl (C=O) groups is 2. The van der Waals surface area contributed by atoms with Gasteiger partial charge in [0.15, 0.2) is 17.6 Å². The van der Waals surface area contributed by atoms with Crippen LogP contribution in [0.15, 0.2) is 36.4 Å². The first-order valence-corrected chi connectivity index (χ1v) is 8.98. The third-order valence-corrected chi connectivity index (χ3v) is 4.67. The minimum absolute atomic E-state index is 0.113. The Labute approximate surface area is 166 Å². The predicted octanol–water partition coefficient (Wildman–Crippen LogP) is 3.51. The van der Waals surface area contributed by atoms with Crippen LogP contribution in [0.3, 0.4) is 0 Å². The fourth-order valence-corrected chi connectivity index (χ4v) is 3.05. The van der Waals surface area contributed by atoms with Crippen molar-refractivity contribution in [2.45, 2.75) is 26.0 Å². The van der Waals surface area contributed by atoms with Crippen molar-refractivity contribution in [1.29, 1.82) is 0 Å². The molecule has 2 aromatic carbocycles. The second kappa shape index (κ2) is 8.50. The van der Waals surface area contributed by atoms with Crippen LogP contribution in [0.5, 0.6) is 11.5 Å². The standard InChI is InChI=1S/C19H17Cl2NO5/c1-11(27-18(23)8-13-14(20)3-2-4-15(13)21)19(24)22-9-12-5-6-16-17(7-12)26-10-25-16/h2-7,11H,8-10H2,1H3,(H,22,24)/t11-/m0/s1. The summed E-state index contributed by atoms with van der Waals surface area (Å²) >= 11 is 12.1. The highest BCUT2D eigenvalue weighted by Gasteiger charge is 2.20. The molecule has 1 amide bonds. The summed E-state index contributed by atoms with van der Waals surface area (Å²) < 4.78 is 15.7. The number of esters is 1. The van der Waals surface area contributed by atoms with Crippen molar-refractivity contribution >= 4 is 35.1 Å². The highest BCUT2D eigenvalue weighted by molar-refractivity contribution is 6.36. The molecule has 0 fully saturated rings. The number of carbonyl (C=O) groups excluding carboxylic acids is 2. The second-order valence-electron chi connectivity index (χ2n) is 5.91. The van der Waals surface area contributed by atoms with Crippen molar-refractivity contribution in [1.82, 2.24) is 5.32 Å². The number of hydrogen-bond acceptors (Lipinski definition) is 5. The highest BCUT2D eigenvalue weighted by atomic mass is 35.5. The van der Waals surface area contributed by atoms with Crippen molar-refractivity contribution in [3.63, 3.8) is 0 Å². The SMILES string of the molecule is C[C@H](OC(=O)Cc1c(Cl)cccc1Cl)C(=O)NCc1ccc2c(c1)OCO2. The van der Waals surface area contributed by atoms with E-state index in [9.17, 15) is 9.59 Å². The average Bonchev–Trinajstić information content (AvgIpc) is 3.10. The summed E-state index contributed by atoms with van der Waals surface area (Å²) in [6.45, 7) is 1.96. The van der Waals surface area contributed by atoms with Gasteiger partial charge in [0.2, 0.25) is 6.79 Å². The molecule has 6 nitrogen and oxygen atoms in total. The zero-order valence-corrected chi connectivity index (χ0v) is 16.0. The smallest absolute Gasteiger partial charge is 0.311 e. The predicted molar refractivity (Wildman–Crippen MR) is 100 cm³/mol. The number of hydrogen-bond donors (Lipinski definition) is 1. The first-order valence-electron chi connectivity index (χ1n) is 8.22. The third-order valence-electron chi connectivity index (χ3n) is 3.96. The summed E-state index contributed by atoms with van der Waals surface area (Å²) in [7, 11) is 0. The molecule has 0 radical (unpaired) electrons. The van der Waals surface area contributed by atoms with Crippen LogP contribution in [0, 0.1) is 0 Å². The largest absolute Gasteiger partial charge is 0.454 e. The molecule has 27 heavy (non-hydrogen) atoms. The van der Waals surface area contributed by atoms with E-state index in [-0.39, 0.29) is 19.8 Å². The van der Waals surface area contributed by atoms with Gasteiger partial charge in [0.1, 0.15) is 0 Å². The molecule has 1 aliphatic heterocycles. The molecular formula is C19H17Cl2NO5. The van der Waals surface area contributed by atoms with Crippen molar-refractivity contribution in [2.24, 2.45) is 0 Å². The molecule has 1 aliphatic rings. The molecule has 0 unspecified atom stereocenters. The van der Waals surface area contributed by atoms with Gasteiger partial charge >= 0.3 is 5.97 Å². The molecule has 3 rings (SSSR count). The minimum Gasteiger partial charge on any atom is -0.454 e. The highest BCUT2D eigenvalue weighted by Crippen LogP contribution is 2.32. The second-order valence-corrected chi connectivity index (χ2v) is 6.73. The van der Waals surface area contributed by atoms with Crippen LogP contribution >= 0.6 is 23.2 Å².